The molecule has 0 saturated heterocycles. The Kier molecular flexibility index (Phi) is 8.65. The lowest BCUT2D eigenvalue weighted by Gasteiger charge is -2.11. The fraction of sp³-hybridized carbons (Fsp3) is 0.562. The molecule has 130 valence electrons. The van der Waals surface area contributed by atoms with Crippen LogP contribution in [0.15, 0.2) is 34.2 Å². The molecule has 2 N–H and O–H groups in total. The third-order valence-corrected chi connectivity index (χ3v) is 4.21. The number of aliphatic imine (C=N–C) groups is 1. The Labute approximate surface area is 139 Å². The molecule has 0 aliphatic heterocycles. The van der Waals surface area contributed by atoms with Crippen molar-refractivity contribution >= 4 is 15.8 Å². The second kappa shape index (κ2) is 10.2. The molecule has 6 nitrogen and oxygen atoms in total. The van der Waals surface area contributed by atoms with E-state index in [1.165, 1.54) is 6.26 Å². The average Bonchev–Trinajstić information content (AvgIpc) is 2.52. The second-order valence-electron chi connectivity index (χ2n) is 5.09. The maximum atomic E-state index is 11.4. The van der Waals surface area contributed by atoms with Gasteiger partial charge in [-0.05, 0) is 38.0 Å². The number of benzene rings is 1. The van der Waals surface area contributed by atoms with Gasteiger partial charge in [0.05, 0.1) is 11.4 Å². The normalized spacial score (nSPS) is 12.2. The Morgan fingerprint density at radius 3 is 2.43 bits per heavy atom. The Bertz CT molecular complexity index is 583. The molecule has 0 heterocycles. The largest absolute Gasteiger partial charge is 0.382 e. The van der Waals surface area contributed by atoms with Crippen LogP contribution in [0.2, 0.25) is 0 Å². The molecule has 1 aromatic rings. The van der Waals surface area contributed by atoms with Gasteiger partial charge in [0.2, 0.25) is 0 Å². The molecule has 0 atom stereocenters. The maximum absolute atomic E-state index is 11.4. The first-order valence-corrected chi connectivity index (χ1v) is 9.75. The molecule has 0 radical (unpaired) electrons. The van der Waals surface area contributed by atoms with Crippen LogP contribution in [-0.2, 0) is 21.1 Å². The monoisotopic (exact) mass is 341 g/mol. The molecule has 0 aromatic heterocycles. The number of nitrogens with one attached hydrogen (secondary N) is 2. The van der Waals surface area contributed by atoms with Crippen molar-refractivity contribution in [2.45, 2.75) is 31.7 Å². The zero-order valence-electron chi connectivity index (χ0n) is 14.1. The van der Waals surface area contributed by atoms with Crippen LogP contribution in [0.1, 0.15) is 25.8 Å². The number of hydrogen-bond acceptors (Lipinski definition) is 4. The summed E-state index contributed by atoms with van der Waals surface area (Å²) >= 11 is 0. The third-order valence-electron chi connectivity index (χ3n) is 3.08. The minimum absolute atomic E-state index is 0.325. The van der Waals surface area contributed by atoms with Gasteiger partial charge in [-0.25, -0.2) is 13.4 Å². The van der Waals surface area contributed by atoms with Crippen LogP contribution in [0, 0.1) is 0 Å². The fourth-order valence-corrected chi connectivity index (χ4v) is 2.51. The van der Waals surface area contributed by atoms with Crippen LogP contribution < -0.4 is 10.6 Å². The molecule has 1 aromatic carbocycles. The van der Waals surface area contributed by atoms with Gasteiger partial charge in [-0.15, -0.1) is 0 Å². The molecular formula is C16H27N3O3S. The van der Waals surface area contributed by atoms with E-state index in [0.29, 0.717) is 11.4 Å². The van der Waals surface area contributed by atoms with E-state index < -0.39 is 9.84 Å². The summed E-state index contributed by atoms with van der Waals surface area (Å²) in [5.41, 5.74) is 0.962. The molecule has 0 unspecified atom stereocenters. The van der Waals surface area contributed by atoms with E-state index in [-0.39, 0.29) is 0 Å². The molecule has 23 heavy (non-hydrogen) atoms. The number of sulfone groups is 1. The highest BCUT2D eigenvalue weighted by Gasteiger charge is 2.06. The van der Waals surface area contributed by atoms with Crippen LogP contribution in [0.5, 0.6) is 0 Å². The number of rotatable bonds is 9. The fourth-order valence-electron chi connectivity index (χ4n) is 1.88. The van der Waals surface area contributed by atoms with E-state index in [1.807, 2.05) is 13.8 Å². The van der Waals surface area contributed by atoms with Gasteiger partial charge in [-0.1, -0.05) is 12.1 Å². The molecule has 0 saturated carbocycles. The molecule has 0 spiro atoms. The van der Waals surface area contributed by atoms with Crippen LogP contribution in [-0.4, -0.2) is 46.9 Å². The summed E-state index contributed by atoms with van der Waals surface area (Å²) in [5.74, 6) is 0.746. The molecule has 0 bridgehead atoms. The SMILES string of the molecule is CCNC(=NCc1ccc(S(C)(=O)=O)cc1)NCCCOCC. The van der Waals surface area contributed by atoms with Crippen molar-refractivity contribution < 1.29 is 13.2 Å². The van der Waals surface area contributed by atoms with Crippen molar-refractivity contribution in [2.24, 2.45) is 4.99 Å². The van der Waals surface area contributed by atoms with Gasteiger partial charge in [-0.3, -0.25) is 0 Å². The molecule has 7 heteroatoms. The second-order valence-corrected chi connectivity index (χ2v) is 7.10. The van der Waals surface area contributed by atoms with Gasteiger partial charge in [-0.2, -0.15) is 0 Å². The summed E-state index contributed by atoms with van der Waals surface area (Å²) in [6, 6.07) is 6.81. The van der Waals surface area contributed by atoms with Crippen molar-refractivity contribution in [3.8, 4) is 0 Å². The highest BCUT2D eigenvalue weighted by molar-refractivity contribution is 7.90. The Hall–Kier alpha value is -1.60. The average molecular weight is 341 g/mol. The lowest BCUT2D eigenvalue weighted by atomic mass is 10.2. The van der Waals surface area contributed by atoms with E-state index in [4.69, 9.17) is 4.74 Å². The van der Waals surface area contributed by atoms with E-state index >= 15 is 0 Å². The summed E-state index contributed by atoms with van der Waals surface area (Å²) in [6.07, 6.45) is 2.12. The van der Waals surface area contributed by atoms with Crippen LogP contribution >= 0.6 is 0 Å². The first-order chi connectivity index (χ1) is 11.0. The molecular weight excluding hydrogens is 314 g/mol. The van der Waals surface area contributed by atoms with Gasteiger partial charge < -0.3 is 15.4 Å². The minimum Gasteiger partial charge on any atom is -0.382 e. The van der Waals surface area contributed by atoms with Gasteiger partial charge >= 0.3 is 0 Å². The first-order valence-electron chi connectivity index (χ1n) is 7.86. The Morgan fingerprint density at radius 1 is 1.17 bits per heavy atom. The van der Waals surface area contributed by atoms with Crippen LogP contribution in [0.4, 0.5) is 0 Å². The van der Waals surface area contributed by atoms with E-state index in [2.05, 4.69) is 15.6 Å². The van der Waals surface area contributed by atoms with Crippen LogP contribution in [0.25, 0.3) is 0 Å². The number of nitrogens with zero attached hydrogens (tertiary/aromatic N) is 1. The number of ether oxygens (including phenoxy) is 1. The van der Waals surface area contributed by atoms with Crippen molar-refractivity contribution in [3.05, 3.63) is 29.8 Å². The molecule has 1 rings (SSSR count). The smallest absolute Gasteiger partial charge is 0.191 e. The van der Waals surface area contributed by atoms with Crippen molar-refractivity contribution in [1.29, 1.82) is 0 Å². The zero-order chi connectivity index (χ0) is 17.1. The van der Waals surface area contributed by atoms with Gasteiger partial charge in [0.15, 0.2) is 15.8 Å². The van der Waals surface area contributed by atoms with Crippen LogP contribution in [0.3, 0.4) is 0 Å². The van der Waals surface area contributed by atoms with Gasteiger partial charge in [0.25, 0.3) is 0 Å². The van der Waals surface area contributed by atoms with Crippen molar-refractivity contribution in [3.63, 3.8) is 0 Å². The third kappa shape index (κ3) is 7.99. The van der Waals surface area contributed by atoms with E-state index in [1.54, 1.807) is 24.3 Å². The highest BCUT2D eigenvalue weighted by Crippen LogP contribution is 2.10. The first kappa shape index (κ1) is 19.4. The molecule has 0 fully saturated rings. The topological polar surface area (TPSA) is 79.8 Å². The van der Waals surface area contributed by atoms with Crippen molar-refractivity contribution in [1.82, 2.24) is 10.6 Å². The predicted octanol–water partition coefficient (Wildman–Crippen LogP) is 1.57. The summed E-state index contributed by atoms with van der Waals surface area (Å²) in [4.78, 5) is 4.82. The van der Waals surface area contributed by atoms with Crippen molar-refractivity contribution in [2.75, 3.05) is 32.6 Å². The molecule has 0 aliphatic rings. The predicted molar refractivity (Wildman–Crippen MR) is 93.5 cm³/mol. The number of guanidine groups is 1. The van der Waals surface area contributed by atoms with E-state index in [9.17, 15) is 8.42 Å². The van der Waals surface area contributed by atoms with E-state index in [0.717, 1.165) is 44.2 Å². The van der Waals surface area contributed by atoms with Gasteiger partial charge in [0.1, 0.15) is 0 Å². The molecule has 0 aliphatic carbocycles. The highest BCUT2D eigenvalue weighted by atomic mass is 32.2. The Morgan fingerprint density at radius 2 is 1.87 bits per heavy atom. The Balaban J connectivity index is 2.55. The quantitative estimate of drug-likeness (QED) is 0.405. The maximum Gasteiger partial charge on any atom is 0.191 e. The number of hydrogen-bond donors (Lipinski definition) is 2. The zero-order valence-corrected chi connectivity index (χ0v) is 14.9. The minimum atomic E-state index is -3.15. The summed E-state index contributed by atoms with van der Waals surface area (Å²) in [5, 5.41) is 6.43. The summed E-state index contributed by atoms with van der Waals surface area (Å²) < 4.78 is 28.2. The summed E-state index contributed by atoms with van der Waals surface area (Å²) in [7, 11) is -3.15. The lowest BCUT2D eigenvalue weighted by Crippen LogP contribution is -2.38. The standard InChI is InChI=1S/C16H27N3O3S/c1-4-17-16(18-11-6-12-22-5-2)19-13-14-7-9-15(10-8-14)23(3,20)21/h7-10H,4-6,11-13H2,1-3H3,(H2,17,18,19). The molecule has 0 amide bonds. The summed E-state index contributed by atoms with van der Waals surface area (Å²) in [6.45, 7) is 7.52. The van der Waals surface area contributed by atoms with Gasteiger partial charge in [0, 0.05) is 32.6 Å². The lowest BCUT2D eigenvalue weighted by molar-refractivity contribution is 0.145.